The van der Waals surface area contributed by atoms with Crippen LogP contribution >= 0.6 is 27.5 Å². The molecule has 0 N–H and O–H groups in total. The van der Waals surface area contributed by atoms with Crippen molar-refractivity contribution in [1.29, 1.82) is 0 Å². The number of halogens is 2. The molecule has 0 spiro atoms. The van der Waals surface area contributed by atoms with Crippen molar-refractivity contribution < 1.29 is 0 Å². The SMILES string of the molecule is CC(C)c1c(Cl)ncnc1N(C)Cc1ccc(Br)cc1. The molecule has 1 aromatic carbocycles. The van der Waals surface area contributed by atoms with Gasteiger partial charge in [0.1, 0.15) is 17.3 Å². The molecule has 0 radical (unpaired) electrons. The standard InChI is InChI=1S/C15H17BrClN3/c1-10(2)13-14(17)18-9-19-15(13)20(3)8-11-4-6-12(16)7-5-11/h4-7,9-10H,8H2,1-3H3. The molecule has 2 aromatic rings. The lowest BCUT2D eigenvalue weighted by Crippen LogP contribution is -2.20. The molecule has 3 nitrogen and oxygen atoms in total. The van der Waals surface area contributed by atoms with Crippen molar-refractivity contribution in [2.24, 2.45) is 0 Å². The van der Waals surface area contributed by atoms with Gasteiger partial charge >= 0.3 is 0 Å². The molecule has 0 aliphatic rings. The van der Waals surface area contributed by atoms with Gasteiger partial charge in [-0.25, -0.2) is 9.97 Å². The maximum absolute atomic E-state index is 6.21. The van der Waals surface area contributed by atoms with Crippen LogP contribution in [-0.4, -0.2) is 17.0 Å². The third kappa shape index (κ3) is 3.49. The molecule has 0 saturated carbocycles. The van der Waals surface area contributed by atoms with Gasteiger partial charge in [-0.1, -0.05) is 53.5 Å². The summed E-state index contributed by atoms with van der Waals surface area (Å²) in [5, 5.41) is 0.535. The van der Waals surface area contributed by atoms with E-state index in [0.29, 0.717) is 5.15 Å². The average Bonchev–Trinajstić information content (AvgIpc) is 2.40. The van der Waals surface area contributed by atoms with Crippen molar-refractivity contribution in [3.63, 3.8) is 0 Å². The molecule has 1 aromatic heterocycles. The normalized spacial score (nSPS) is 10.9. The van der Waals surface area contributed by atoms with Gasteiger partial charge in [-0.15, -0.1) is 0 Å². The quantitative estimate of drug-likeness (QED) is 0.748. The number of aromatic nitrogens is 2. The van der Waals surface area contributed by atoms with Gasteiger partial charge in [0.2, 0.25) is 0 Å². The zero-order valence-electron chi connectivity index (χ0n) is 11.8. The molecular weight excluding hydrogens is 338 g/mol. The molecule has 0 fully saturated rings. The summed E-state index contributed by atoms with van der Waals surface area (Å²) < 4.78 is 1.08. The molecule has 0 saturated heterocycles. The Kier molecular flexibility index (Phi) is 5.00. The second-order valence-corrected chi connectivity index (χ2v) is 6.31. The molecular formula is C15H17BrClN3. The predicted octanol–water partition coefficient (Wildman–Crippen LogP) is 4.65. The van der Waals surface area contributed by atoms with Crippen molar-refractivity contribution in [1.82, 2.24) is 9.97 Å². The van der Waals surface area contributed by atoms with E-state index in [1.54, 1.807) is 0 Å². The van der Waals surface area contributed by atoms with Crippen LogP contribution in [0.1, 0.15) is 30.9 Å². The van der Waals surface area contributed by atoms with E-state index >= 15 is 0 Å². The van der Waals surface area contributed by atoms with Gasteiger partial charge in [-0.05, 0) is 23.6 Å². The minimum absolute atomic E-state index is 0.283. The molecule has 0 amide bonds. The van der Waals surface area contributed by atoms with Crippen molar-refractivity contribution in [2.75, 3.05) is 11.9 Å². The summed E-state index contributed by atoms with van der Waals surface area (Å²) in [4.78, 5) is 10.6. The molecule has 0 unspecified atom stereocenters. The van der Waals surface area contributed by atoms with Gasteiger partial charge in [0.15, 0.2) is 0 Å². The van der Waals surface area contributed by atoms with E-state index in [9.17, 15) is 0 Å². The molecule has 1 heterocycles. The smallest absolute Gasteiger partial charge is 0.138 e. The third-order valence-electron chi connectivity index (χ3n) is 3.09. The Morgan fingerprint density at radius 2 is 1.85 bits per heavy atom. The number of benzene rings is 1. The number of hydrogen-bond acceptors (Lipinski definition) is 3. The van der Waals surface area contributed by atoms with Crippen LogP contribution in [0.25, 0.3) is 0 Å². The molecule has 2 rings (SSSR count). The maximum atomic E-state index is 6.21. The van der Waals surface area contributed by atoms with Crippen LogP contribution in [0.5, 0.6) is 0 Å². The van der Waals surface area contributed by atoms with E-state index in [2.05, 4.69) is 56.8 Å². The highest BCUT2D eigenvalue weighted by atomic mass is 79.9. The fourth-order valence-corrected chi connectivity index (χ4v) is 2.72. The van der Waals surface area contributed by atoms with Crippen molar-refractivity contribution >= 4 is 33.3 Å². The molecule has 0 atom stereocenters. The van der Waals surface area contributed by atoms with Gasteiger partial charge in [-0.3, -0.25) is 0 Å². The van der Waals surface area contributed by atoms with Crippen molar-refractivity contribution in [2.45, 2.75) is 26.3 Å². The summed E-state index contributed by atoms with van der Waals surface area (Å²) in [6, 6.07) is 8.27. The van der Waals surface area contributed by atoms with Crippen LogP contribution in [0.3, 0.4) is 0 Å². The van der Waals surface area contributed by atoms with Crippen LogP contribution < -0.4 is 4.90 Å². The largest absolute Gasteiger partial charge is 0.355 e. The lowest BCUT2D eigenvalue weighted by molar-refractivity contribution is 0.808. The topological polar surface area (TPSA) is 29.0 Å². The van der Waals surface area contributed by atoms with Gasteiger partial charge < -0.3 is 4.90 Å². The van der Waals surface area contributed by atoms with Crippen LogP contribution in [0, 0.1) is 0 Å². The Labute approximate surface area is 133 Å². The first-order chi connectivity index (χ1) is 9.49. The van der Waals surface area contributed by atoms with Gasteiger partial charge in [0.05, 0.1) is 0 Å². The Morgan fingerprint density at radius 1 is 1.20 bits per heavy atom. The molecule has 5 heteroatoms. The molecule has 0 aliphatic heterocycles. The summed E-state index contributed by atoms with van der Waals surface area (Å²) in [5.41, 5.74) is 2.22. The number of hydrogen-bond donors (Lipinski definition) is 0. The fourth-order valence-electron chi connectivity index (χ4n) is 2.10. The van der Waals surface area contributed by atoms with Crippen LogP contribution in [0.2, 0.25) is 5.15 Å². The second kappa shape index (κ2) is 6.55. The predicted molar refractivity (Wildman–Crippen MR) is 87.4 cm³/mol. The zero-order valence-corrected chi connectivity index (χ0v) is 14.1. The fraction of sp³-hybridized carbons (Fsp3) is 0.333. The monoisotopic (exact) mass is 353 g/mol. The van der Waals surface area contributed by atoms with Crippen molar-refractivity contribution in [3.8, 4) is 0 Å². The van der Waals surface area contributed by atoms with E-state index in [-0.39, 0.29) is 5.92 Å². The minimum Gasteiger partial charge on any atom is -0.355 e. The van der Waals surface area contributed by atoms with Gasteiger partial charge in [0, 0.05) is 23.6 Å². The summed E-state index contributed by atoms with van der Waals surface area (Å²) >= 11 is 9.65. The summed E-state index contributed by atoms with van der Waals surface area (Å²) in [7, 11) is 2.02. The summed E-state index contributed by atoms with van der Waals surface area (Å²) in [6.45, 7) is 4.98. The van der Waals surface area contributed by atoms with Crippen LogP contribution in [0.4, 0.5) is 5.82 Å². The first-order valence-corrected chi connectivity index (χ1v) is 7.62. The highest BCUT2D eigenvalue weighted by molar-refractivity contribution is 9.10. The highest BCUT2D eigenvalue weighted by Gasteiger charge is 2.16. The minimum atomic E-state index is 0.283. The first-order valence-electron chi connectivity index (χ1n) is 6.45. The highest BCUT2D eigenvalue weighted by Crippen LogP contribution is 2.30. The van der Waals surface area contributed by atoms with E-state index in [4.69, 9.17) is 11.6 Å². The Balaban J connectivity index is 2.27. The average molecular weight is 355 g/mol. The Morgan fingerprint density at radius 3 is 2.45 bits per heavy atom. The zero-order chi connectivity index (χ0) is 14.7. The van der Waals surface area contributed by atoms with Crippen molar-refractivity contribution in [3.05, 3.63) is 51.3 Å². The maximum Gasteiger partial charge on any atom is 0.138 e. The lowest BCUT2D eigenvalue weighted by Gasteiger charge is -2.23. The van der Waals surface area contributed by atoms with E-state index in [0.717, 1.165) is 22.4 Å². The third-order valence-corrected chi connectivity index (χ3v) is 3.92. The first kappa shape index (κ1) is 15.3. The molecule has 20 heavy (non-hydrogen) atoms. The van der Waals surface area contributed by atoms with E-state index in [1.807, 2.05) is 19.2 Å². The molecule has 0 aliphatic carbocycles. The van der Waals surface area contributed by atoms with E-state index < -0.39 is 0 Å². The van der Waals surface area contributed by atoms with Crippen LogP contribution in [-0.2, 0) is 6.54 Å². The lowest BCUT2D eigenvalue weighted by atomic mass is 10.1. The van der Waals surface area contributed by atoms with Crippen LogP contribution in [0.15, 0.2) is 35.1 Å². The summed E-state index contributed by atoms with van der Waals surface area (Å²) in [6.07, 6.45) is 1.52. The van der Waals surface area contributed by atoms with E-state index in [1.165, 1.54) is 11.9 Å². The van der Waals surface area contributed by atoms with Gasteiger partial charge in [0.25, 0.3) is 0 Å². The number of nitrogens with zero attached hydrogens (tertiary/aromatic N) is 3. The molecule has 0 bridgehead atoms. The molecule has 106 valence electrons. The van der Waals surface area contributed by atoms with Gasteiger partial charge in [-0.2, -0.15) is 0 Å². The second-order valence-electron chi connectivity index (χ2n) is 5.04. The number of rotatable bonds is 4. The Bertz CT molecular complexity index is 584. The summed E-state index contributed by atoms with van der Waals surface area (Å²) in [5.74, 6) is 1.17. The number of anilines is 1. The Hall–Kier alpha value is -1.13.